The number of piperidine rings is 1. The van der Waals surface area contributed by atoms with Crippen LogP contribution in [-0.4, -0.2) is 48.8 Å². The predicted octanol–water partition coefficient (Wildman–Crippen LogP) is 1.83. The van der Waals surface area contributed by atoms with Crippen molar-refractivity contribution in [1.29, 1.82) is 0 Å². The fraction of sp³-hybridized carbons (Fsp3) is 0.500. The first kappa shape index (κ1) is 19.2. The van der Waals surface area contributed by atoms with E-state index in [9.17, 15) is 14.4 Å². The van der Waals surface area contributed by atoms with Gasteiger partial charge in [-0.15, -0.1) is 0 Å². The smallest absolute Gasteiger partial charge is 0.253 e. The minimum Gasteiger partial charge on any atom is -0.356 e. The van der Waals surface area contributed by atoms with Crippen LogP contribution in [0.4, 0.5) is 0 Å². The summed E-state index contributed by atoms with van der Waals surface area (Å²) in [7, 11) is 0. The van der Waals surface area contributed by atoms with Crippen LogP contribution in [-0.2, 0) is 9.59 Å². The van der Waals surface area contributed by atoms with Crippen LogP contribution in [0.25, 0.3) is 0 Å². The molecule has 1 aromatic carbocycles. The van der Waals surface area contributed by atoms with Crippen LogP contribution in [0.5, 0.6) is 0 Å². The van der Waals surface area contributed by atoms with E-state index in [1.54, 1.807) is 29.2 Å². The number of nitrogens with one attached hydrogen (secondary N) is 2. The molecule has 1 aliphatic heterocycles. The first-order chi connectivity index (χ1) is 12.0. The highest BCUT2D eigenvalue weighted by Gasteiger charge is 2.27. The fourth-order valence-corrected chi connectivity index (χ4v) is 3.01. The van der Waals surface area contributed by atoms with Gasteiger partial charge in [0.05, 0.1) is 17.1 Å². The first-order valence-corrected chi connectivity index (χ1v) is 8.99. The zero-order valence-corrected chi connectivity index (χ0v) is 15.1. The summed E-state index contributed by atoms with van der Waals surface area (Å²) in [6, 6.07) is 6.71. The number of amides is 3. The van der Waals surface area contributed by atoms with Crippen molar-refractivity contribution < 1.29 is 14.4 Å². The van der Waals surface area contributed by atoms with Crippen LogP contribution in [0, 0.1) is 5.92 Å². The maximum absolute atomic E-state index is 12.2. The van der Waals surface area contributed by atoms with E-state index < -0.39 is 0 Å². The summed E-state index contributed by atoms with van der Waals surface area (Å²) in [5.41, 5.74) is 0.350. The quantitative estimate of drug-likeness (QED) is 0.807. The van der Waals surface area contributed by atoms with Crippen molar-refractivity contribution in [3.63, 3.8) is 0 Å². The number of benzene rings is 1. The van der Waals surface area contributed by atoms with Gasteiger partial charge < -0.3 is 15.5 Å². The standard InChI is InChI=1S/C18H24ClN3O3/c1-2-9-20-17(24)13-7-10-22(11-8-13)16(23)12-21-18(25)14-5-3-4-6-15(14)19/h3-6,13H,2,7-12H2,1H3,(H,20,24)(H,21,25). The van der Waals surface area contributed by atoms with Crippen LogP contribution >= 0.6 is 11.6 Å². The Morgan fingerprint density at radius 2 is 1.84 bits per heavy atom. The highest BCUT2D eigenvalue weighted by molar-refractivity contribution is 6.33. The monoisotopic (exact) mass is 365 g/mol. The highest BCUT2D eigenvalue weighted by atomic mass is 35.5. The molecule has 3 amide bonds. The SMILES string of the molecule is CCCNC(=O)C1CCN(C(=O)CNC(=O)c2ccccc2Cl)CC1. The first-order valence-electron chi connectivity index (χ1n) is 8.61. The maximum Gasteiger partial charge on any atom is 0.253 e. The molecule has 0 aromatic heterocycles. The van der Waals surface area contributed by atoms with Gasteiger partial charge in [-0.1, -0.05) is 30.7 Å². The van der Waals surface area contributed by atoms with Crippen molar-refractivity contribution >= 4 is 29.3 Å². The van der Waals surface area contributed by atoms with Crippen LogP contribution < -0.4 is 10.6 Å². The van der Waals surface area contributed by atoms with Gasteiger partial charge in [-0.25, -0.2) is 0 Å². The van der Waals surface area contributed by atoms with Crippen LogP contribution in [0.1, 0.15) is 36.5 Å². The summed E-state index contributed by atoms with van der Waals surface area (Å²) in [5, 5.41) is 5.86. The van der Waals surface area contributed by atoms with Crippen molar-refractivity contribution in [2.75, 3.05) is 26.2 Å². The number of halogens is 1. The minimum absolute atomic E-state index is 0.0340. The van der Waals surface area contributed by atoms with E-state index in [-0.39, 0.29) is 30.2 Å². The zero-order valence-electron chi connectivity index (χ0n) is 14.4. The summed E-state index contributed by atoms with van der Waals surface area (Å²) in [6.07, 6.45) is 2.22. The molecule has 1 heterocycles. The summed E-state index contributed by atoms with van der Waals surface area (Å²) < 4.78 is 0. The third kappa shape index (κ3) is 5.46. The van der Waals surface area contributed by atoms with Gasteiger partial charge in [0.1, 0.15) is 0 Å². The third-order valence-corrected chi connectivity index (χ3v) is 4.62. The second kappa shape index (κ2) is 9.42. The number of rotatable bonds is 6. The molecule has 0 spiro atoms. The average molecular weight is 366 g/mol. The molecular weight excluding hydrogens is 342 g/mol. The van der Waals surface area contributed by atoms with E-state index in [0.717, 1.165) is 6.42 Å². The number of likely N-dealkylation sites (tertiary alicyclic amines) is 1. The minimum atomic E-state index is -0.368. The van der Waals surface area contributed by atoms with Crippen LogP contribution in [0.3, 0.4) is 0 Å². The van der Waals surface area contributed by atoms with Gasteiger partial charge in [-0.3, -0.25) is 14.4 Å². The Kier molecular flexibility index (Phi) is 7.25. The van der Waals surface area contributed by atoms with E-state index in [1.165, 1.54) is 0 Å². The number of carbonyl (C=O) groups excluding carboxylic acids is 3. The largest absolute Gasteiger partial charge is 0.356 e. The van der Waals surface area contributed by atoms with Gasteiger partial charge in [0.15, 0.2) is 0 Å². The molecule has 2 N–H and O–H groups in total. The summed E-state index contributed by atoms with van der Waals surface area (Å²) in [4.78, 5) is 38.0. The lowest BCUT2D eigenvalue weighted by Gasteiger charge is -2.31. The van der Waals surface area contributed by atoms with Crippen LogP contribution in [0.2, 0.25) is 5.02 Å². The molecule has 0 unspecified atom stereocenters. The molecule has 25 heavy (non-hydrogen) atoms. The molecule has 0 aliphatic carbocycles. The van der Waals surface area contributed by atoms with E-state index in [4.69, 9.17) is 11.6 Å². The number of hydrogen-bond donors (Lipinski definition) is 2. The fourth-order valence-electron chi connectivity index (χ4n) is 2.79. The molecule has 1 aliphatic rings. The molecule has 0 bridgehead atoms. The molecular formula is C18H24ClN3O3. The lowest BCUT2D eigenvalue weighted by molar-refractivity contribution is -0.134. The zero-order chi connectivity index (χ0) is 18.2. The van der Waals surface area contributed by atoms with Crippen molar-refractivity contribution in [3.05, 3.63) is 34.9 Å². The molecule has 7 heteroatoms. The number of nitrogens with zero attached hydrogens (tertiary/aromatic N) is 1. The van der Waals surface area contributed by atoms with Gasteiger partial charge in [-0.05, 0) is 31.4 Å². The molecule has 0 radical (unpaired) electrons. The number of carbonyl (C=O) groups is 3. The second-order valence-corrected chi connectivity index (χ2v) is 6.52. The summed E-state index contributed by atoms with van der Waals surface area (Å²) >= 11 is 5.97. The van der Waals surface area contributed by atoms with E-state index in [2.05, 4.69) is 10.6 Å². The maximum atomic E-state index is 12.2. The van der Waals surface area contributed by atoms with Crippen molar-refractivity contribution in [3.8, 4) is 0 Å². The molecule has 2 rings (SSSR count). The Morgan fingerprint density at radius 3 is 2.48 bits per heavy atom. The Labute approximate surface area is 152 Å². The lowest BCUT2D eigenvalue weighted by atomic mass is 9.96. The number of hydrogen-bond acceptors (Lipinski definition) is 3. The van der Waals surface area contributed by atoms with Gasteiger partial charge >= 0.3 is 0 Å². The predicted molar refractivity (Wildman–Crippen MR) is 96.4 cm³/mol. The molecule has 136 valence electrons. The van der Waals surface area contributed by atoms with E-state index in [0.29, 0.717) is 43.1 Å². The van der Waals surface area contributed by atoms with E-state index >= 15 is 0 Å². The average Bonchev–Trinajstić information content (AvgIpc) is 2.64. The van der Waals surface area contributed by atoms with Crippen LogP contribution in [0.15, 0.2) is 24.3 Å². The molecule has 1 aromatic rings. The van der Waals surface area contributed by atoms with Gasteiger partial charge in [0, 0.05) is 25.6 Å². The molecule has 0 saturated carbocycles. The highest BCUT2D eigenvalue weighted by Crippen LogP contribution is 2.18. The van der Waals surface area contributed by atoms with E-state index in [1.807, 2.05) is 6.92 Å². The normalized spacial score (nSPS) is 14.9. The summed E-state index contributed by atoms with van der Waals surface area (Å²) in [6.45, 7) is 3.69. The van der Waals surface area contributed by atoms with Crippen molar-refractivity contribution in [2.24, 2.45) is 5.92 Å². The topological polar surface area (TPSA) is 78.5 Å². The van der Waals surface area contributed by atoms with Crippen molar-refractivity contribution in [2.45, 2.75) is 26.2 Å². The Balaban J connectivity index is 1.76. The van der Waals surface area contributed by atoms with Crippen molar-refractivity contribution in [1.82, 2.24) is 15.5 Å². The second-order valence-electron chi connectivity index (χ2n) is 6.11. The molecule has 1 saturated heterocycles. The molecule has 1 fully saturated rings. The van der Waals surface area contributed by atoms with Gasteiger partial charge in [0.2, 0.25) is 11.8 Å². The van der Waals surface area contributed by atoms with Gasteiger partial charge in [-0.2, -0.15) is 0 Å². The van der Waals surface area contributed by atoms with Gasteiger partial charge in [0.25, 0.3) is 5.91 Å². The third-order valence-electron chi connectivity index (χ3n) is 4.29. The lowest BCUT2D eigenvalue weighted by Crippen LogP contribution is -2.46. The molecule has 0 atom stereocenters. The summed E-state index contributed by atoms with van der Waals surface area (Å²) in [5.74, 6) is -0.477. The Hall–Kier alpha value is -2.08. The molecule has 6 nitrogen and oxygen atoms in total. The Bertz CT molecular complexity index is 628. The Morgan fingerprint density at radius 1 is 1.16 bits per heavy atom.